The summed E-state index contributed by atoms with van der Waals surface area (Å²) in [6.45, 7) is 0. The van der Waals surface area contributed by atoms with Crippen molar-refractivity contribution in [2.24, 2.45) is 23.5 Å². The van der Waals surface area contributed by atoms with Crippen LogP contribution in [0.5, 0.6) is 0 Å². The number of halogens is 1. The van der Waals surface area contributed by atoms with Crippen LogP contribution in [0.3, 0.4) is 0 Å². The van der Waals surface area contributed by atoms with Crippen LogP contribution in [-0.4, -0.2) is 17.9 Å². The third-order valence-corrected chi connectivity index (χ3v) is 6.26. The highest BCUT2D eigenvalue weighted by atomic mass is 19.1. The van der Waals surface area contributed by atoms with Crippen molar-refractivity contribution < 1.29 is 14.0 Å². The third kappa shape index (κ3) is 4.48. The number of anilines is 2. The molecule has 0 radical (unpaired) electrons. The van der Waals surface area contributed by atoms with Gasteiger partial charge in [0, 0.05) is 28.9 Å². The molecule has 2 bridgehead atoms. The van der Waals surface area contributed by atoms with E-state index >= 15 is 0 Å². The highest BCUT2D eigenvalue weighted by molar-refractivity contribution is 6.05. The Hall–Kier alpha value is -2.73. The first-order chi connectivity index (χ1) is 14.0. The fourth-order valence-electron chi connectivity index (χ4n) is 4.76. The van der Waals surface area contributed by atoms with E-state index in [1.807, 2.05) is 0 Å². The number of benzene rings is 2. The monoisotopic (exact) mass is 395 g/mol. The summed E-state index contributed by atoms with van der Waals surface area (Å²) in [6.07, 6.45) is 5.10. The van der Waals surface area contributed by atoms with Crippen molar-refractivity contribution >= 4 is 23.2 Å². The van der Waals surface area contributed by atoms with Gasteiger partial charge in [0.15, 0.2) is 0 Å². The molecule has 5 nitrogen and oxygen atoms in total. The molecule has 0 spiro atoms. The molecule has 2 aliphatic rings. The molecule has 2 aliphatic carbocycles. The zero-order valence-corrected chi connectivity index (χ0v) is 16.2. The maximum atomic E-state index is 13.3. The van der Waals surface area contributed by atoms with Gasteiger partial charge in [0.1, 0.15) is 5.82 Å². The van der Waals surface area contributed by atoms with Crippen molar-refractivity contribution in [3.8, 4) is 0 Å². The second-order valence-electron chi connectivity index (χ2n) is 8.23. The first-order valence-corrected chi connectivity index (χ1v) is 10.2. The van der Waals surface area contributed by atoms with Gasteiger partial charge in [-0.05, 0) is 73.9 Å². The van der Waals surface area contributed by atoms with Crippen LogP contribution in [0.4, 0.5) is 15.8 Å². The predicted molar refractivity (Wildman–Crippen MR) is 111 cm³/mol. The lowest BCUT2D eigenvalue weighted by Gasteiger charge is -2.43. The van der Waals surface area contributed by atoms with E-state index in [0.29, 0.717) is 28.8 Å². The number of rotatable bonds is 4. The molecule has 29 heavy (non-hydrogen) atoms. The number of carbonyl (C=O) groups is 2. The third-order valence-electron chi connectivity index (χ3n) is 6.26. The van der Waals surface area contributed by atoms with Crippen LogP contribution < -0.4 is 16.4 Å². The molecule has 6 heteroatoms. The average molecular weight is 395 g/mol. The topological polar surface area (TPSA) is 84.2 Å². The zero-order chi connectivity index (χ0) is 20.4. The normalized spacial score (nSPS) is 25.9. The van der Waals surface area contributed by atoms with Crippen LogP contribution in [0.2, 0.25) is 0 Å². The Morgan fingerprint density at radius 3 is 2.28 bits per heavy atom. The Labute approximate surface area is 169 Å². The van der Waals surface area contributed by atoms with Gasteiger partial charge in [0.25, 0.3) is 5.91 Å². The Morgan fingerprint density at radius 2 is 1.59 bits per heavy atom. The number of carbonyl (C=O) groups excluding carboxylic acids is 2. The summed E-state index contributed by atoms with van der Waals surface area (Å²) in [5, 5.41) is 5.63. The summed E-state index contributed by atoms with van der Waals surface area (Å²) in [6, 6.07) is 12.8. The van der Waals surface area contributed by atoms with Crippen LogP contribution in [0, 0.1) is 23.6 Å². The average Bonchev–Trinajstić information content (AvgIpc) is 2.68. The highest BCUT2D eigenvalue weighted by Gasteiger charge is 2.40. The molecule has 0 heterocycles. The number of fused-ring (bicyclic) bond motifs is 2. The molecule has 2 fully saturated rings. The Balaban J connectivity index is 1.41. The first-order valence-electron chi connectivity index (χ1n) is 10.2. The van der Waals surface area contributed by atoms with E-state index in [-0.39, 0.29) is 23.8 Å². The van der Waals surface area contributed by atoms with Crippen LogP contribution in [0.15, 0.2) is 48.5 Å². The largest absolute Gasteiger partial charge is 0.327 e. The van der Waals surface area contributed by atoms with Crippen LogP contribution in [-0.2, 0) is 4.79 Å². The summed E-state index contributed by atoms with van der Waals surface area (Å²) < 4.78 is 13.3. The van der Waals surface area contributed by atoms with Crippen molar-refractivity contribution in [2.45, 2.75) is 38.1 Å². The van der Waals surface area contributed by atoms with Gasteiger partial charge in [-0.25, -0.2) is 4.39 Å². The maximum Gasteiger partial charge on any atom is 0.255 e. The highest BCUT2D eigenvalue weighted by Crippen LogP contribution is 2.42. The lowest BCUT2D eigenvalue weighted by atomic mass is 9.65. The zero-order valence-electron chi connectivity index (χ0n) is 16.2. The molecule has 0 aromatic heterocycles. The minimum atomic E-state index is -0.416. The smallest absolute Gasteiger partial charge is 0.255 e. The molecular weight excluding hydrogens is 369 g/mol. The molecule has 152 valence electrons. The summed E-state index contributed by atoms with van der Waals surface area (Å²) in [7, 11) is 0. The predicted octanol–water partition coefficient (Wildman–Crippen LogP) is 4.17. The van der Waals surface area contributed by atoms with E-state index in [1.165, 1.54) is 24.6 Å². The maximum absolute atomic E-state index is 13.3. The van der Waals surface area contributed by atoms with E-state index in [9.17, 15) is 14.0 Å². The van der Waals surface area contributed by atoms with Crippen molar-refractivity contribution in [2.75, 3.05) is 10.6 Å². The van der Waals surface area contributed by atoms with Gasteiger partial charge in [0.05, 0.1) is 0 Å². The lowest BCUT2D eigenvalue weighted by Crippen LogP contribution is -2.48. The van der Waals surface area contributed by atoms with E-state index in [4.69, 9.17) is 5.73 Å². The molecule has 0 aliphatic heterocycles. The van der Waals surface area contributed by atoms with Crippen LogP contribution >= 0.6 is 0 Å². The van der Waals surface area contributed by atoms with Gasteiger partial charge in [-0.3, -0.25) is 9.59 Å². The van der Waals surface area contributed by atoms with Crippen molar-refractivity contribution in [1.82, 2.24) is 0 Å². The molecule has 2 aromatic rings. The van der Waals surface area contributed by atoms with Crippen LogP contribution in [0.25, 0.3) is 0 Å². The summed E-state index contributed by atoms with van der Waals surface area (Å²) in [4.78, 5) is 25.3. The Morgan fingerprint density at radius 1 is 0.931 bits per heavy atom. The van der Waals surface area contributed by atoms with Crippen molar-refractivity contribution in [1.29, 1.82) is 0 Å². The molecule has 2 aromatic carbocycles. The molecular formula is C23H26FN3O2. The lowest BCUT2D eigenvalue weighted by molar-refractivity contribution is -0.122. The molecule has 0 saturated heterocycles. The Kier molecular flexibility index (Phi) is 5.62. The number of nitrogens with one attached hydrogen (secondary N) is 2. The van der Waals surface area contributed by atoms with Crippen molar-refractivity contribution in [3.63, 3.8) is 0 Å². The molecule has 2 saturated carbocycles. The summed E-state index contributed by atoms with van der Waals surface area (Å²) in [5.41, 5.74) is 7.69. The minimum absolute atomic E-state index is 0.00325. The number of hydrogen-bond acceptors (Lipinski definition) is 3. The van der Waals surface area contributed by atoms with Gasteiger partial charge < -0.3 is 16.4 Å². The van der Waals surface area contributed by atoms with E-state index in [2.05, 4.69) is 10.6 Å². The number of amides is 2. The van der Waals surface area contributed by atoms with Gasteiger partial charge in [-0.2, -0.15) is 0 Å². The number of hydrogen-bond donors (Lipinski definition) is 3. The second-order valence-corrected chi connectivity index (χ2v) is 8.23. The standard InChI is InChI=1S/C23H26FN3O2/c24-18-7-3-9-20(13-18)27-22(28)16-6-2-8-19(12-16)26-23(29)17-10-14-4-1-5-15(11-17)21(14)25/h2-3,6-9,12-15,17,21H,1,4-5,10-11,25H2,(H,26,29)(H,27,28). The molecule has 2 amide bonds. The van der Waals surface area contributed by atoms with Gasteiger partial charge in [0.2, 0.25) is 5.91 Å². The molecule has 2 unspecified atom stereocenters. The van der Waals surface area contributed by atoms with Gasteiger partial charge in [-0.1, -0.05) is 18.6 Å². The molecule has 4 N–H and O–H groups in total. The van der Waals surface area contributed by atoms with Crippen molar-refractivity contribution in [3.05, 3.63) is 59.9 Å². The summed E-state index contributed by atoms with van der Waals surface area (Å²) in [5.74, 6) is 0.0558. The van der Waals surface area contributed by atoms with Gasteiger partial charge >= 0.3 is 0 Å². The first kappa shape index (κ1) is 19.6. The fourth-order valence-corrected chi connectivity index (χ4v) is 4.76. The Bertz CT molecular complexity index is 903. The second kappa shape index (κ2) is 8.33. The SMILES string of the molecule is NC1C2CCCC1CC(C(=O)Nc1cccc(C(=O)Nc3cccc(F)c3)c1)C2. The quantitative estimate of drug-likeness (QED) is 0.726. The summed E-state index contributed by atoms with van der Waals surface area (Å²) >= 11 is 0. The fraction of sp³-hybridized carbons (Fsp3) is 0.391. The van der Waals surface area contributed by atoms with E-state index < -0.39 is 5.82 Å². The van der Waals surface area contributed by atoms with E-state index in [0.717, 1.165) is 25.7 Å². The molecule has 4 rings (SSSR count). The molecule has 2 atom stereocenters. The van der Waals surface area contributed by atoms with Gasteiger partial charge in [-0.15, -0.1) is 0 Å². The van der Waals surface area contributed by atoms with Crippen LogP contribution in [0.1, 0.15) is 42.5 Å². The van der Waals surface area contributed by atoms with E-state index in [1.54, 1.807) is 30.3 Å². The minimum Gasteiger partial charge on any atom is -0.327 e. The number of nitrogens with two attached hydrogens (primary N) is 1.